The molecule has 0 radical (unpaired) electrons. The number of nitrogens with one attached hydrogen (secondary N) is 1. The van der Waals surface area contributed by atoms with Gasteiger partial charge in [-0.2, -0.15) is 0 Å². The molecule has 3 N–H and O–H groups in total. The largest absolute Gasteiger partial charge is 0.481 e. The summed E-state index contributed by atoms with van der Waals surface area (Å²) in [6.07, 6.45) is -0.542. The quantitative estimate of drug-likeness (QED) is 0.345. The van der Waals surface area contributed by atoms with Gasteiger partial charge in [-0.05, 0) is 24.0 Å². The molecule has 2 aromatic rings. The Bertz CT molecular complexity index is 1050. The molecule has 8 heteroatoms. The van der Waals surface area contributed by atoms with Crippen LogP contribution in [0.2, 0.25) is 0 Å². The third kappa shape index (κ3) is 9.44. The second kappa shape index (κ2) is 13.9. The van der Waals surface area contributed by atoms with Crippen LogP contribution in [0.1, 0.15) is 44.2 Å². The zero-order valence-corrected chi connectivity index (χ0v) is 20.6. The average molecular weight is 496 g/mol. The van der Waals surface area contributed by atoms with Crippen molar-refractivity contribution in [2.45, 2.75) is 52.0 Å². The lowest BCUT2D eigenvalue weighted by molar-refractivity contribution is -0.149. The maximum Gasteiger partial charge on any atom is 0.307 e. The summed E-state index contributed by atoms with van der Waals surface area (Å²) >= 11 is 0. The number of carbonyl (C=O) groups is 5. The van der Waals surface area contributed by atoms with Gasteiger partial charge >= 0.3 is 11.9 Å². The number of benzene rings is 2. The number of carboxylic acids is 2. The molecule has 0 aliphatic carbocycles. The fourth-order valence-electron chi connectivity index (χ4n) is 3.93. The molecule has 4 atom stereocenters. The van der Waals surface area contributed by atoms with Gasteiger partial charge in [-0.3, -0.25) is 24.0 Å². The molecular weight excluding hydrogens is 462 g/mol. The van der Waals surface area contributed by atoms with Crippen molar-refractivity contribution in [2.75, 3.05) is 0 Å². The Labute approximate surface area is 210 Å². The fraction of sp³-hybridized carbons (Fsp3) is 0.393. The highest BCUT2D eigenvalue weighted by molar-refractivity contribution is 5.94. The van der Waals surface area contributed by atoms with E-state index in [4.69, 9.17) is 5.11 Å². The number of ketones is 2. The Balaban J connectivity index is 2.07. The van der Waals surface area contributed by atoms with E-state index in [0.717, 1.165) is 11.1 Å². The molecule has 8 nitrogen and oxygen atoms in total. The number of aliphatic carboxylic acids is 2. The maximum absolute atomic E-state index is 13.0. The Morgan fingerprint density at radius 2 is 1.22 bits per heavy atom. The number of carboxylic acid groups (broad SMARTS) is 2. The Kier molecular flexibility index (Phi) is 11.0. The summed E-state index contributed by atoms with van der Waals surface area (Å²) in [5.41, 5.74) is 1.78. The van der Waals surface area contributed by atoms with Crippen LogP contribution >= 0.6 is 0 Å². The van der Waals surface area contributed by atoms with Crippen LogP contribution in [-0.4, -0.2) is 45.7 Å². The zero-order chi connectivity index (χ0) is 26.7. The summed E-state index contributed by atoms with van der Waals surface area (Å²) in [7, 11) is 0. The van der Waals surface area contributed by atoms with Crippen molar-refractivity contribution in [1.82, 2.24) is 5.32 Å². The lowest BCUT2D eigenvalue weighted by atomic mass is 9.90. The minimum atomic E-state index is -1.40. The molecule has 0 saturated heterocycles. The molecule has 2 aromatic carbocycles. The van der Waals surface area contributed by atoms with E-state index in [1.807, 2.05) is 37.3 Å². The third-order valence-electron chi connectivity index (χ3n) is 6.09. The molecule has 192 valence electrons. The van der Waals surface area contributed by atoms with E-state index >= 15 is 0 Å². The van der Waals surface area contributed by atoms with Gasteiger partial charge in [0, 0.05) is 24.7 Å². The average Bonchev–Trinajstić information content (AvgIpc) is 2.83. The number of carbonyl (C=O) groups excluding carboxylic acids is 3. The Morgan fingerprint density at radius 1 is 0.694 bits per heavy atom. The van der Waals surface area contributed by atoms with Gasteiger partial charge in [0.05, 0.1) is 18.4 Å². The van der Waals surface area contributed by atoms with Crippen molar-refractivity contribution >= 4 is 29.4 Å². The third-order valence-corrected chi connectivity index (χ3v) is 6.09. The predicted octanol–water partition coefficient (Wildman–Crippen LogP) is 3.32. The molecule has 0 spiro atoms. The van der Waals surface area contributed by atoms with Gasteiger partial charge in [0.25, 0.3) is 0 Å². The van der Waals surface area contributed by atoms with Crippen molar-refractivity contribution < 1.29 is 34.2 Å². The smallest absolute Gasteiger partial charge is 0.307 e. The number of Topliss-reactive ketones (excluding diaryl/α,β-unsaturated/α-hetero) is 2. The van der Waals surface area contributed by atoms with Crippen LogP contribution < -0.4 is 5.32 Å². The lowest BCUT2D eigenvalue weighted by Crippen LogP contribution is -2.46. The van der Waals surface area contributed by atoms with Crippen molar-refractivity contribution in [3.63, 3.8) is 0 Å². The Morgan fingerprint density at radius 3 is 1.72 bits per heavy atom. The standard InChI is InChI=1S/C28H33NO7/c1-18(13-20-9-5-3-6-10-20)24(30)14-19(2)27(34)29-23(15-21-11-7-4-8-12-21)25(31)16-22(28(35)36)17-26(32)33/h3-12,18-19,22-23H,13-17H2,1-2H3,(H,29,34)(H,32,33)(H,35,36)/t18-,19+,22-,23-/m0/s1. The molecule has 0 aromatic heterocycles. The minimum absolute atomic E-state index is 0.00282. The molecular formula is C28H33NO7. The highest BCUT2D eigenvalue weighted by Gasteiger charge is 2.30. The molecule has 0 bridgehead atoms. The van der Waals surface area contributed by atoms with E-state index in [2.05, 4.69) is 5.32 Å². The van der Waals surface area contributed by atoms with Crippen LogP contribution in [0, 0.1) is 17.8 Å². The molecule has 0 aliphatic rings. The van der Waals surface area contributed by atoms with E-state index in [9.17, 15) is 29.1 Å². The highest BCUT2D eigenvalue weighted by atomic mass is 16.4. The summed E-state index contributed by atoms with van der Waals surface area (Å²) in [6, 6.07) is 17.4. The van der Waals surface area contributed by atoms with Crippen LogP contribution in [0.3, 0.4) is 0 Å². The molecule has 2 rings (SSSR count). The Hall–Kier alpha value is -3.81. The van der Waals surface area contributed by atoms with Crippen molar-refractivity contribution in [1.29, 1.82) is 0 Å². The fourth-order valence-corrected chi connectivity index (χ4v) is 3.93. The SMILES string of the molecule is C[C@H](CC(=O)[C@@H](C)Cc1ccccc1)C(=O)N[C@@H](Cc1ccccc1)C(=O)C[C@@H](CC(=O)O)C(=O)O. The minimum Gasteiger partial charge on any atom is -0.481 e. The summed E-state index contributed by atoms with van der Waals surface area (Å²) in [4.78, 5) is 61.1. The van der Waals surface area contributed by atoms with E-state index in [0.29, 0.717) is 6.42 Å². The number of rotatable bonds is 15. The van der Waals surface area contributed by atoms with Crippen molar-refractivity contribution in [2.24, 2.45) is 17.8 Å². The van der Waals surface area contributed by atoms with E-state index in [1.54, 1.807) is 37.3 Å². The highest BCUT2D eigenvalue weighted by Crippen LogP contribution is 2.17. The van der Waals surface area contributed by atoms with Gasteiger partial charge in [0.15, 0.2) is 5.78 Å². The van der Waals surface area contributed by atoms with Crippen molar-refractivity contribution in [3.05, 3.63) is 71.8 Å². The first kappa shape index (κ1) is 28.4. The summed E-state index contributed by atoms with van der Waals surface area (Å²) < 4.78 is 0. The monoisotopic (exact) mass is 495 g/mol. The van der Waals surface area contributed by atoms with E-state index < -0.39 is 54.3 Å². The number of hydrogen-bond acceptors (Lipinski definition) is 5. The van der Waals surface area contributed by atoms with Crippen LogP contribution in [0.5, 0.6) is 0 Å². The van der Waals surface area contributed by atoms with Crippen LogP contribution in [0.15, 0.2) is 60.7 Å². The molecule has 0 saturated carbocycles. The van der Waals surface area contributed by atoms with Crippen LogP contribution in [0.4, 0.5) is 0 Å². The van der Waals surface area contributed by atoms with Gasteiger partial charge < -0.3 is 15.5 Å². The topological polar surface area (TPSA) is 138 Å². The van der Waals surface area contributed by atoms with Crippen LogP contribution in [-0.2, 0) is 36.8 Å². The van der Waals surface area contributed by atoms with Gasteiger partial charge in [0.1, 0.15) is 5.78 Å². The molecule has 0 heterocycles. The van der Waals surface area contributed by atoms with Crippen molar-refractivity contribution in [3.8, 4) is 0 Å². The first-order chi connectivity index (χ1) is 17.1. The predicted molar refractivity (Wildman–Crippen MR) is 133 cm³/mol. The normalized spacial score (nSPS) is 14.2. The van der Waals surface area contributed by atoms with Crippen LogP contribution in [0.25, 0.3) is 0 Å². The second-order valence-electron chi connectivity index (χ2n) is 9.22. The van der Waals surface area contributed by atoms with Gasteiger partial charge in [0.2, 0.25) is 5.91 Å². The number of amides is 1. The van der Waals surface area contributed by atoms with Gasteiger partial charge in [-0.1, -0.05) is 74.5 Å². The second-order valence-corrected chi connectivity index (χ2v) is 9.22. The zero-order valence-electron chi connectivity index (χ0n) is 20.6. The van der Waals surface area contributed by atoms with E-state index in [-0.39, 0.29) is 24.5 Å². The summed E-state index contributed by atoms with van der Waals surface area (Å²) in [5.74, 6) is -6.22. The molecule has 1 amide bonds. The molecule has 0 aliphatic heterocycles. The molecule has 36 heavy (non-hydrogen) atoms. The summed E-state index contributed by atoms with van der Waals surface area (Å²) in [5, 5.41) is 21.0. The van der Waals surface area contributed by atoms with E-state index in [1.165, 1.54) is 0 Å². The lowest BCUT2D eigenvalue weighted by Gasteiger charge is -2.22. The van der Waals surface area contributed by atoms with Gasteiger partial charge in [-0.25, -0.2) is 0 Å². The first-order valence-electron chi connectivity index (χ1n) is 11.9. The maximum atomic E-state index is 13.0. The molecule has 0 unspecified atom stereocenters. The molecule has 0 fully saturated rings. The summed E-state index contributed by atoms with van der Waals surface area (Å²) in [6.45, 7) is 3.42. The number of hydrogen-bond donors (Lipinski definition) is 3. The first-order valence-corrected chi connectivity index (χ1v) is 11.9. The van der Waals surface area contributed by atoms with Gasteiger partial charge in [-0.15, -0.1) is 0 Å².